The Kier molecular flexibility index (Phi) is 4.61. The normalized spacial score (nSPS) is 10.9. The van der Waals surface area contributed by atoms with Crippen LogP contribution in [0.4, 0.5) is 0 Å². The molecule has 0 bridgehead atoms. The van der Waals surface area contributed by atoms with Gasteiger partial charge in [0.25, 0.3) is 5.56 Å². The largest absolute Gasteiger partial charge is 0.494 e. The fraction of sp³-hybridized carbons (Fsp3) is 0.235. The zero-order valence-corrected chi connectivity index (χ0v) is 13.9. The Morgan fingerprint density at radius 3 is 2.75 bits per heavy atom. The third-order valence-corrected chi connectivity index (χ3v) is 4.39. The summed E-state index contributed by atoms with van der Waals surface area (Å²) in [5.74, 6) is -0.297. The van der Waals surface area contributed by atoms with Crippen molar-refractivity contribution in [3.8, 4) is 16.9 Å². The van der Waals surface area contributed by atoms with Gasteiger partial charge in [-0.15, -0.1) is 11.3 Å². The van der Waals surface area contributed by atoms with Gasteiger partial charge in [0.1, 0.15) is 17.1 Å². The Morgan fingerprint density at radius 1 is 1.33 bits per heavy atom. The molecule has 0 radical (unpaired) electrons. The summed E-state index contributed by atoms with van der Waals surface area (Å²) in [6.45, 7) is 2.30. The number of aromatic nitrogens is 2. The number of carboxylic acids is 1. The van der Waals surface area contributed by atoms with E-state index in [0.717, 1.165) is 27.9 Å². The van der Waals surface area contributed by atoms with Crippen molar-refractivity contribution in [1.82, 2.24) is 9.55 Å². The number of nitrogens with zero attached hydrogens (tertiary/aromatic N) is 2. The number of fused-ring (bicyclic) bond motifs is 1. The van der Waals surface area contributed by atoms with Crippen LogP contribution in [0.25, 0.3) is 21.3 Å². The van der Waals surface area contributed by atoms with Gasteiger partial charge in [0, 0.05) is 10.9 Å². The third-order valence-electron chi connectivity index (χ3n) is 3.50. The Bertz CT molecular complexity index is 928. The molecule has 0 aliphatic heterocycles. The molecule has 0 atom stereocenters. The fourth-order valence-corrected chi connectivity index (χ4v) is 3.30. The Balaban J connectivity index is 2.03. The van der Waals surface area contributed by atoms with Crippen molar-refractivity contribution in [2.45, 2.75) is 19.9 Å². The second-order valence-corrected chi connectivity index (χ2v) is 6.13. The molecule has 3 rings (SSSR count). The highest BCUT2D eigenvalue weighted by molar-refractivity contribution is 7.17. The van der Waals surface area contributed by atoms with Gasteiger partial charge in [-0.05, 0) is 24.1 Å². The summed E-state index contributed by atoms with van der Waals surface area (Å²) in [4.78, 5) is 28.2. The molecule has 24 heavy (non-hydrogen) atoms. The molecule has 0 aliphatic carbocycles. The van der Waals surface area contributed by atoms with E-state index in [4.69, 9.17) is 9.84 Å². The number of carbonyl (C=O) groups is 1. The molecule has 2 aromatic heterocycles. The summed E-state index contributed by atoms with van der Waals surface area (Å²) in [6.07, 6.45) is 2.21. The zero-order valence-electron chi connectivity index (χ0n) is 13.1. The highest BCUT2D eigenvalue weighted by Gasteiger charge is 2.14. The first-order chi connectivity index (χ1) is 11.6. The minimum absolute atomic E-state index is 0.343. The average Bonchev–Trinajstić information content (AvgIpc) is 3.00. The van der Waals surface area contributed by atoms with E-state index in [1.807, 2.05) is 36.6 Å². The second kappa shape index (κ2) is 6.84. The number of hydrogen-bond donors (Lipinski definition) is 1. The van der Waals surface area contributed by atoms with Crippen LogP contribution in [0.15, 0.2) is 40.8 Å². The van der Waals surface area contributed by atoms with Gasteiger partial charge in [-0.3, -0.25) is 14.2 Å². The lowest BCUT2D eigenvalue weighted by molar-refractivity contribution is -0.137. The minimum atomic E-state index is -1.08. The lowest BCUT2D eigenvalue weighted by Crippen LogP contribution is -2.24. The van der Waals surface area contributed by atoms with Crippen molar-refractivity contribution in [2.75, 3.05) is 6.61 Å². The van der Waals surface area contributed by atoms with Crippen LogP contribution in [0, 0.1) is 0 Å². The van der Waals surface area contributed by atoms with Gasteiger partial charge in [-0.25, -0.2) is 4.98 Å². The number of benzene rings is 1. The van der Waals surface area contributed by atoms with E-state index in [0.29, 0.717) is 16.8 Å². The Morgan fingerprint density at radius 2 is 2.08 bits per heavy atom. The zero-order chi connectivity index (χ0) is 17.1. The summed E-state index contributed by atoms with van der Waals surface area (Å²) in [5.41, 5.74) is 1.29. The maximum absolute atomic E-state index is 12.6. The van der Waals surface area contributed by atoms with Gasteiger partial charge >= 0.3 is 5.97 Å². The van der Waals surface area contributed by atoms with E-state index in [9.17, 15) is 9.59 Å². The van der Waals surface area contributed by atoms with E-state index in [1.165, 1.54) is 17.7 Å². The molecule has 0 saturated heterocycles. The third kappa shape index (κ3) is 3.16. The second-order valence-electron chi connectivity index (χ2n) is 5.27. The maximum Gasteiger partial charge on any atom is 0.323 e. The van der Waals surface area contributed by atoms with Crippen molar-refractivity contribution in [2.24, 2.45) is 0 Å². The molecule has 0 spiro atoms. The van der Waals surface area contributed by atoms with E-state index >= 15 is 0 Å². The smallest absolute Gasteiger partial charge is 0.323 e. The van der Waals surface area contributed by atoms with E-state index in [1.54, 1.807) is 0 Å². The summed E-state index contributed by atoms with van der Waals surface area (Å²) >= 11 is 1.37. The molecule has 0 aliphatic rings. The molecule has 0 fully saturated rings. The van der Waals surface area contributed by atoms with E-state index in [-0.39, 0.29) is 5.56 Å². The predicted octanol–water partition coefficient (Wildman–Crippen LogP) is 3.00. The van der Waals surface area contributed by atoms with E-state index < -0.39 is 12.5 Å². The lowest BCUT2D eigenvalue weighted by Gasteiger charge is -2.06. The van der Waals surface area contributed by atoms with Crippen molar-refractivity contribution < 1.29 is 14.6 Å². The molecule has 7 heteroatoms. The van der Waals surface area contributed by atoms with Crippen molar-refractivity contribution in [1.29, 1.82) is 0 Å². The molecular weight excluding hydrogens is 328 g/mol. The van der Waals surface area contributed by atoms with Crippen LogP contribution in [0.2, 0.25) is 0 Å². The van der Waals surface area contributed by atoms with Crippen LogP contribution in [-0.2, 0) is 11.3 Å². The van der Waals surface area contributed by atoms with Crippen molar-refractivity contribution >= 4 is 27.5 Å². The molecule has 0 amide bonds. The summed E-state index contributed by atoms with van der Waals surface area (Å²) in [6, 6.07) is 7.50. The van der Waals surface area contributed by atoms with Crippen LogP contribution in [-0.4, -0.2) is 27.2 Å². The Labute approximate surface area is 142 Å². The van der Waals surface area contributed by atoms with Gasteiger partial charge < -0.3 is 9.84 Å². The van der Waals surface area contributed by atoms with Crippen molar-refractivity contribution in [3.63, 3.8) is 0 Å². The van der Waals surface area contributed by atoms with Crippen LogP contribution in [0.3, 0.4) is 0 Å². The summed E-state index contributed by atoms with van der Waals surface area (Å²) in [7, 11) is 0. The van der Waals surface area contributed by atoms with Crippen LogP contribution < -0.4 is 10.3 Å². The first-order valence-electron chi connectivity index (χ1n) is 7.52. The van der Waals surface area contributed by atoms with Gasteiger partial charge in [-0.1, -0.05) is 19.1 Å². The highest BCUT2D eigenvalue weighted by Crippen LogP contribution is 2.31. The molecule has 1 N–H and O–H groups in total. The van der Waals surface area contributed by atoms with Crippen LogP contribution in [0.5, 0.6) is 5.75 Å². The first-order valence-corrected chi connectivity index (χ1v) is 8.39. The van der Waals surface area contributed by atoms with Gasteiger partial charge in [-0.2, -0.15) is 0 Å². The molecule has 3 aromatic rings. The molecule has 124 valence electrons. The first kappa shape index (κ1) is 16.2. The number of aliphatic carboxylic acids is 1. The quantitative estimate of drug-likeness (QED) is 0.743. The van der Waals surface area contributed by atoms with Gasteiger partial charge in [0.05, 0.1) is 18.3 Å². The van der Waals surface area contributed by atoms with Crippen LogP contribution in [0.1, 0.15) is 13.3 Å². The fourth-order valence-electron chi connectivity index (χ4n) is 2.39. The predicted molar refractivity (Wildman–Crippen MR) is 92.7 cm³/mol. The number of ether oxygens (including phenoxy) is 1. The molecule has 0 saturated carbocycles. The minimum Gasteiger partial charge on any atom is -0.494 e. The molecule has 2 heterocycles. The number of carboxylic acid groups (broad SMARTS) is 1. The Hall–Kier alpha value is -2.67. The topological polar surface area (TPSA) is 81.4 Å². The lowest BCUT2D eigenvalue weighted by atomic mass is 10.1. The summed E-state index contributed by atoms with van der Waals surface area (Å²) in [5, 5.41) is 11.2. The summed E-state index contributed by atoms with van der Waals surface area (Å²) < 4.78 is 6.67. The number of hydrogen-bond acceptors (Lipinski definition) is 5. The SMILES string of the molecule is CCCOc1ccc(-c2csc3ncn(CC(=O)O)c(=O)c23)cc1. The molecular formula is C17H16N2O4S. The monoisotopic (exact) mass is 344 g/mol. The van der Waals surface area contributed by atoms with Crippen molar-refractivity contribution in [3.05, 3.63) is 46.3 Å². The molecule has 1 aromatic carbocycles. The number of rotatable bonds is 6. The average molecular weight is 344 g/mol. The molecule has 6 nitrogen and oxygen atoms in total. The maximum atomic E-state index is 12.6. The number of thiophene rings is 1. The van der Waals surface area contributed by atoms with Gasteiger partial charge in [0.15, 0.2) is 0 Å². The molecule has 0 unspecified atom stereocenters. The standard InChI is InChI=1S/C17H16N2O4S/c1-2-7-23-12-5-3-11(4-6-12)13-9-24-16-15(13)17(22)19(10-18-16)8-14(20)21/h3-6,9-10H,2,7-8H2,1H3,(H,20,21). The van der Waals surface area contributed by atoms with E-state index in [2.05, 4.69) is 4.98 Å². The van der Waals surface area contributed by atoms with Crippen LogP contribution >= 0.6 is 11.3 Å². The highest BCUT2D eigenvalue weighted by atomic mass is 32.1. The van der Waals surface area contributed by atoms with Gasteiger partial charge in [0.2, 0.25) is 0 Å².